The number of amides is 2. The van der Waals surface area contributed by atoms with Crippen LogP contribution in [-0.4, -0.2) is 32.9 Å². The Labute approximate surface area is 107 Å². The van der Waals surface area contributed by atoms with Crippen LogP contribution in [0.5, 0.6) is 5.75 Å². The van der Waals surface area contributed by atoms with Crippen molar-refractivity contribution in [3.63, 3.8) is 0 Å². The van der Waals surface area contributed by atoms with Gasteiger partial charge < -0.3 is 20.1 Å². The zero-order chi connectivity index (χ0) is 13.2. The molecule has 2 N–H and O–H groups in total. The van der Waals surface area contributed by atoms with Gasteiger partial charge in [0.15, 0.2) is 0 Å². The highest BCUT2D eigenvalue weighted by atomic mass is 16.5. The molecule has 0 aromatic heterocycles. The van der Waals surface area contributed by atoms with Gasteiger partial charge >= 0.3 is 6.03 Å². The molecule has 100 valence electrons. The molecule has 0 unspecified atom stereocenters. The van der Waals surface area contributed by atoms with Gasteiger partial charge in [-0.25, -0.2) is 4.79 Å². The lowest BCUT2D eigenvalue weighted by Crippen LogP contribution is -2.31. The molecule has 0 saturated heterocycles. The first-order chi connectivity index (χ1) is 8.76. The van der Waals surface area contributed by atoms with Crippen LogP contribution >= 0.6 is 0 Å². The lowest BCUT2D eigenvalue weighted by atomic mass is 10.3. The van der Waals surface area contributed by atoms with Crippen LogP contribution < -0.4 is 15.4 Å². The summed E-state index contributed by atoms with van der Waals surface area (Å²) >= 11 is 0. The van der Waals surface area contributed by atoms with Crippen LogP contribution in [0.15, 0.2) is 24.3 Å². The number of carbonyl (C=O) groups excluding carboxylic acids is 1. The molecule has 2 amide bonds. The number of anilines is 1. The first kappa shape index (κ1) is 14.3. The van der Waals surface area contributed by atoms with Crippen LogP contribution in [0, 0.1) is 0 Å². The zero-order valence-corrected chi connectivity index (χ0v) is 10.9. The van der Waals surface area contributed by atoms with Gasteiger partial charge in [0, 0.05) is 25.4 Å². The predicted molar refractivity (Wildman–Crippen MR) is 71.1 cm³/mol. The van der Waals surface area contributed by atoms with Gasteiger partial charge in [-0.3, -0.25) is 0 Å². The van der Waals surface area contributed by atoms with Gasteiger partial charge in [-0.1, -0.05) is 13.0 Å². The molecule has 0 radical (unpaired) electrons. The van der Waals surface area contributed by atoms with Crippen LogP contribution in [0.3, 0.4) is 0 Å². The Morgan fingerprint density at radius 1 is 1.33 bits per heavy atom. The van der Waals surface area contributed by atoms with Crippen LogP contribution in [0.2, 0.25) is 0 Å². The van der Waals surface area contributed by atoms with E-state index in [0.29, 0.717) is 25.4 Å². The fraction of sp³-hybridized carbons (Fsp3) is 0.462. The van der Waals surface area contributed by atoms with E-state index in [4.69, 9.17) is 9.47 Å². The van der Waals surface area contributed by atoms with Gasteiger partial charge in [0.25, 0.3) is 0 Å². The molecule has 0 aliphatic heterocycles. The Balaban J connectivity index is 2.43. The standard InChI is InChI=1S/C13H20N2O3/c1-3-8-18-12-6-4-5-11(10-12)15-13(16)14-7-9-17-2/h4-6,10H,3,7-9H2,1-2H3,(H2,14,15,16). The largest absolute Gasteiger partial charge is 0.494 e. The maximum Gasteiger partial charge on any atom is 0.319 e. The molecule has 0 atom stereocenters. The minimum atomic E-state index is -0.250. The third-order valence-corrected chi connectivity index (χ3v) is 2.16. The molecule has 18 heavy (non-hydrogen) atoms. The summed E-state index contributed by atoms with van der Waals surface area (Å²) in [6, 6.07) is 7.07. The fourth-order valence-corrected chi connectivity index (χ4v) is 1.33. The molecule has 5 nitrogen and oxygen atoms in total. The van der Waals surface area contributed by atoms with Crippen molar-refractivity contribution < 1.29 is 14.3 Å². The van der Waals surface area contributed by atoms with Crippen molar-refractivity contribution in [1.82, 2.24) is 5.32 Å². The average Bonchev–Trinajstić information content (AvgIpc) is 2.37. The second-order valence-corrected chi connectivity index (χ2v) is 3.75. The highest BCUT2D eigenvalue weighted by Gasteiger charge is 2.01. The predicted octanol–water partition coefficient (Wildman–Crippen LogP) is 2.24. The van der Waals surface area contributed by atoms with Gasteiger partial charge in [0.05, 0.1) is 13.2 Å². The number of urea groups is 1. The summed E-state index contributed by atoms with van der Waals surface area (Å²) in [7, 11) is 1.59. The SMILES string of the molecule is CCCOc1cccc(NC(=O)NCCOC)c1. The highest BCUT2D eigenvalue weighted by Crippen LogP contribution is 2.17. The van der Waals surface area contributed by atoms with Crippen molar-refractivity contribution in [2.45, 2.75) is 13.3 Å². The minimum absolute atomic E-state index is 0.250. The van der Waals surface area contributed by atoms with E-state index in [9.17, 15) is 4.79 Å². The van der Waals surface area contributed by atoms with Crippen molar-refractivity contribution in [1.29, 1.82) is 0 Å². The van der Waals surface area contributed by atoms with Crippen LogP contribution in [0.4, 0.5) is 10.5 Å². The van der Waals surface area contributed by atoms with E-state index in [1.165, 1.54) is 0 Å². The number of rotatable bonds is 7. The van der Waals surface area contributed by atoms with Crippen LogP contribution in [0.25, 0.3) is 0 Å². The van der Waals surface area contributed by atoms with E-state index in [0.717, 1.165) is 12.2 Å². The fourth-order valence-electron chi connectivity index (χ4n) is 1.33. The summed E-state index contributed by atoms with van der Waals surface area (Å²) in [5, 5.41) is 5.41. The van der Waals surface area contributed by atoms with Crippen molar-refractivity contribution in [2.75, 3.05) is 32.2 Å². The number of hydrogen-bond acceptors (Lipinski definition) is 3. The minimum Gasteiger partial charge on any atom is -0.494 e. The van der Waals surface area contributed by atoms with Gasteiger partial charge in [0.1, 0.15) is 5.75 Å². The van der Waals surface area contributed by atoms with Gasteiger partial charge in [-0.05, 0) is 18.6 Å². The maximum absolute atomic E-state index is 11.5. The summed E-state index contributed by atoms with van der Waals surface area (Å²) in [5.74, 6) is 0.756. The lowest BCUT2D eigenvalue weighted by molar-refractivity contribution is 0.198. The molecule has 0 aliphatic rings. The van der Waals surface area contributed by atoms with Gasteiger partial charge in [-0.2, -0.15) is 0 Å². The number of nitrogens with one attached hydrogen (secondary N) is 2. The molecule has 1 rings (SSSR count). The van der Waals surface area contributed by atoms with Crippen molar-refractivity contribution >= 4 is 11.7 Å². The first-order valence-corrected chi connectivity index (χ1v) is 6.03. The van der Waals surface area contributed by atoms with E-state index < -0.39 is 0 Å². The van der Waals surface area contributed by atoms with E-state index in [1.54, 1.807) is 13.2 Å². The average molecular weight is 252 g/mol. The highest BCUT2D eigenvalue weighted by molar-refractivity contribution is 5.89. The summed E-state index contributed by atoms with van der Waals surface area (Å²) in [4.78, 5) is 11.5. The third-order valence-electron chi connectivity index (χ3n) is 2.16. The molecule has 0 aliphatic carbocycles. The molecular weight excluding hydrogens is 232 g/mol. The Bertz CT molecular complexity index is 369. The molecule has 0 fully saturated rings. The molecule has 0 spiro atoms. The molecule has 5 heteroatoms. The van der Waals surface area contributed by atoms with E-state index in [1.807, 2.05) is 25.1 Å². The number of carbonyl (C=O) groups is 1. The monoisotopic (exact) mass is 252 g/mol. The second-order valence-electron chi connectivity index (χ2n) is 3.75. The third kappa shape index (κ3) is 5.54. The quantitative estimate of drug-likeness (QED) is 0.732. The number of hydrogen-bond donors (Lipinski definition) is 2. The number of methoxy groups -OCH3 is 1. The number of ether oxygens (including phenoxy) is 2. The summed E-state index contributed by atoms with van der Waals surface area (Å²) < 4.78 is 10.3. The summed E-state index contributed by atoms with van der Waals surface area (Å²) in [6.07, 6.45) is 0.954. The Morgan fingerprint density at radius 3 is 2.89 bits per heavy atom. The first-order valence-electron chi connectivity index (χ1n) is 6.03. The van der Waals surface area contributed by atoms with Crippen molar-refractivity contribution in [3.8, 4) is 5.75 Å². The lowest BCUT2D eigenvalue weighted by Gasteiger charge is -2.09. The molecule has 1 aromatic rings. The molecular formula is C13H20N2O3. The van der Waals surface area contributed by atoms with Gasteiger partial charge in [0.2, 0.25) is 0 Å². The summed E-state index contributed by atoms with van der Waals surface area (Å²) in [6.45, 7) is 3.69. The van der Waals surface area contributed by atoms with Crippen molar-refractivity contribution in [2.24, 2.45) is 0 Å². The van der Waals surface area contributed by atoms with E-state index in [2.05, 4.69) is 10.6 Å². The molecule has 1 aromatic carbocycles. The molecule has 0 bridgehead atoms. The maximum atomic E-state index is 11.5. The Morgan fingerprint density at radius 2 is 2.17 bits per heavy atom. The normalized spacial score (nSPS) is 9.89. The Kier molecular flexibility index (Phi) is 6.64. The zero-order valence-electron chi connectivity index (χ0n) is 10.9. The van der Waals surface area contributed by atoms with Crippen molar-refractivity contribution in [3.05, 3.63) is 24.3 Å². The molecule has 0 saturated carbocycles. The smallest absolute Gasteiger partial charge is 0.319 e. The Hall–Kier alpha value is -1.75. The van der Waals surface area contributed by atoms with Crippen LogP contribution in [-0.2, 0) is 4.74 Å². The number of benzene rings is 1. The van der Waals surface area contributed by atoms with E-state index >= 15 is 0 Å². The molecule has 0 heterocycles. The van der Waals surface area contributed by atoms with Crippen LogP contribution in [0.1, 0.15) is 13.3 Å². The van der Waals surface area contributed by atoms with E-state index in [-0.39, 0.29) is 6.03 Å². The second kappa shape index (κ2) is 8.36. The van der Waals surface area contributed by atoms with Gasteiger partial charge in [-0.15, -0.1) is 0 Å². The summed E-state index contributed by atoms with van der Waals surface area (Å²) in [5.41, 5.74) is 0.707. The topological polar surface area (TPSA) is 59.6 Å².